The van der Waals surface area contributed by atoms with Crippen molar-refractivity contribution in [1.29, 1.82) is 0 Å². The fourth-order valence-electron chi connectivity index (χ4n) is 7.74. The van der Waals surface area contributed by atoms with Gasteiger partial charge >= 0.3 is 0 Å². The molecule has 0 radical (unpaired) electrons. The lowest BCUT2D eigenvalue weighted by molar-refractivity contribution is 0.577. The van der Waals surface area contributed by atoms with E-state index in [-0.39, 0.29) is 0 Å². The summed E-state index contributed by atoms with van der Waals surface area (Å²) in [7, 11) is 0. The fourth-order valence-corrected chi connectivity index (χ4v) is 7.74. The second kappa shape index (κ2) is 10.8. The van der Waals surface area contributed by atoms with Gasteiger partial charge < -0.3 is 8.98 Å². The number of hydrogen-bond acceptors (Lipinski definition) is 2. The summed E-state index contributed by atoms with van der Waals surface area (Å²) in [6.45, 7) is 6.42. The third-order valence-electron chi connectivity index (χ3n) is 10.3. The maximum absolute atomic E-state index is 6.21. The molecule has 5 nitrogen and oxygen atoms in total. The van der Waals surface area contributed by atoms with E-state index in [1.54, 1.807) is 0 Å². The van der Waals surface area contributed by atoms with Crippen molar-refractivity contribution in [3.63, 3.8) is 0 Å². The SMILES string of the molecule is CC/C(C)=C\c1c(C)oc2ccc(-n3c4ccc(-c5ccc6c(c5)c5ccccc5n6-c5ccccc5)cc4n4c5ccccc5nc34)cc12. The summed E-state index contributed by atoms with van der Waals surface area (Å²) in [5.41, 5.74) is 14.6. The Morgan fingerprint density at radius 1 is 0.620 bits per heavy atom. The molecule has 0 unspecified atom stereocenters. The molecule has 0 atom stereocenters. The molecule has 50 heavy (non-hydrogen) atoms. The van der Waals surface area contributed by atoms with E-state index in [0.29, 0.717) is 0 Å². The summed E-state index contributed by atoms with van der Waals surface area (Å²) in [5.74, 6) is 1.83. The summed E-state index contributed by atoms with van der Waals surface area (Å²) in [5, 5.41) is 3.60. The Balaban J connectivity index is 1.20. The highest BCUT2D eigenvalue weighted by atomic mass is 16.3. The van der Waals surface area contributed by atoms with Gasteiger partial charge in [-0.1, -0.05) is 79.2 Å². The lowest BCUT2D eigenvalue weighted by Crippen LogP contribution is -1.95. The minimum atomic E-state index is 0.890. The average Bonchev–Trinajstić information content (AvgIpc) is 3.88. The van der Waals surface area contributed by atoms with Gasteiger partial charge in [0.2, 0.25) is 5.78 Å². The number of fused-ring (bicyclic) bond motifs is 9. The van der Waals surface area contributed by atoms with Gasteiger partial charge in [-0.15, -0.1) is 0 Å². The third-order valence-corrected chi connectivity index (χ3v) is 10.3. The summed E-state index contributed by atoms with van der Waals surface area (Å²) >= 11 is 0. The highest BCUT2D eigenvalue weighted by molar-refractivity contribution is 6.10. The maximum atomic E-state index is 6.21. The van der Waals surface area contributed by atoms with Gasteiger partial charge in [-0.3, -0.25) is 8.97 Å². The Morgan fingerprint density at radius 2 is 1.34 bits per heavy atom. The normalized spacial score (nSPS) is 12.5. The van der Waals surface area contributed by atoms with E-state index in [0.717, 1.165) is 73.5 Å². The number of furan rings is 1. The van der Waals surface area contributed by atoms with Gasteiger partial charge in [0.1, 0.15) is 11.3 Å². The molecule has 0 fully saturated rings. The van der Waals surface area contributed by atoms with Gasteiger partial charge in [0.05, 0.1) is 38.8 Å². The molecule has 240 valence electrons. The van der Waals surface area contributed by atoms with E-state index in [2.05, 4.69) is 174 Å². The Morgan fingerprint density at radius 3 is 2.18 bits per heavy atom. The molecule has 6 aromatic carbocycles. The third kappa shape index (κ3) is 4.16. The second-order valence-corrected chi connectivity index (χ2v) is 13.3. The fraction of sp³-hybridized carbons (Fsp3) is 0.0889. The van der Waals surface area contributed by atoms with Crippen LogP contribution in [0, 0.1) is 6.92 Å². The monoisotopic (exact) mass is 646 g/mol. The van der Waals surface area contributed by atoms with Crippen LogP contribution in [0.3, 0.4) is 0 Å². The van der Waals surface area contributed by atoms with Gasteiger partial charge in [-0.05, 0) is 104 Å². The summed E-state index contributed by atoms with van der Waals surface area (Å²) in [4.78, 5) is 5.19. The maximum Gasteiger partial charge on any atom is 0.220 e. The summed E-state index contributed by atoms with van der Waals surface area (Å²) < 4.78 is 13.2. The van der Waals surface area contributed by atoms with Gasteiger partial charge in [-0.25, -0.2) is 4.98 Å². The number of aromatic nitrogens is 4. The summed E-state index contributed by atoms with van der Waals surface area (Å²) in [6.07, 6.45) is 3.26. The van der Waals surface area contributed by atoms with Crippen LogP contribution in [0.5, 0.6) is 0 Å². The highest BCUT2D eigenvalue weighted by Crippen LogP contribution is 2.38. The molecule has 0 saturated heterocycles. The number of allylic oxidation sites excluding steroid dienone is 1. The Labute approximate surface area is 288 Å². The topological polar surface area (TPSA) is 40.3 Å². The molecule has 0 N–H and O–H groups in total. The van der Waals surface area contributed by atoms with Gasteiger partial charge in [0.15, 0.2) is 0 Å². The largest absolute Gasteiger partial charge is 0.461 e. The highest BCUT2D eigenvalue weighted by Gasteiger charge is 2.20. The minimum Gasteiger partial charge on any atom is -0.461 e. The van der Waals surface area contributed by atoms with Crippen LogP contribution in [0.15, 0.2) is 143 Å². The molecule has 0 aliphatic carbocycles. The number of nitrogens with zero attached hydrogens (tertiary/aromatic N) is 4. The zero-order valence-corrected chi connectivity index (χ0v) is 28.2. The average molecular weight is 647 g/mol. The molecule has 0 saturated carbocycles. The number of imidazole rings is 2. The van der Waals surface area contributed by atoms with Gasteiger partial charge in [0.25, 0.3) is 0 Å². The molecule has 4 heterocycles. The van der Waals surface area contributed by atoms with E-state index in [1.165, 1.54) is 32.9 Å². The standard InChI is InChI=1S/C45H34N4O/c1-4-28(2)24-35-29(3)50-44-23-20-33(27-37(35)44)48-42-22-19-31(26-43(42)49-41-17-11-9-15-38(41)46-45(48)49)30-18-21-40-36(25-30)34-14-8-10-16-39(34)47(40)32-12-6-5-7-13-32/h5-27H,4H2,1-3H3/b28-24-. The zero-order chi connectivity index (χ0) is 33.5. The smallest absolute Gasteiger partial charge is 0.220 e. The first-order valence-corrected chi connectivity index (χ1v) is 17.3. The molecule has 0 aliphatic heterocycles. The van der Waals surface area contributed by atoms with Crippen molar-refractivity contribution in [2.24, 2.45) is 0 Å². The zero-order valence-electron chi connectivity index (χ0n) is 28.2. The number of rotatable bonds is 5. The minimum absolute atomic E-state index is 0.890. The molecule has 0 bridgehead atoms. The van der Waals surface area contributed by atoms with Crippen molar-refractivity contribution >= 4 is 66.7 Å². The van der Waals surface area contributed by atoms with Crippen molar-refractivity contribution in [2.75, 3.05) is 0 Å². The van der Waals surface area contributed by atoms with E-state index in [1.807, 2.05) is 0 Å². The number of benzene rings is 6. The van der Waals surface area contributed by atoms with Crippen LogP contribution >= 0.6 is 0 Å². The van der Waals surface area contributed by atoms with Crippen molar-refractivity contribution in [3.8, 4) is 22.5 Å². The first kappa shape index (κ1) is 28.7. The predicted octanol–water partition coefficient (Wildman–Crippen LogP) is 12.1. The van der Waals surface area contributed by atoms with Crippen LogP contribution in [-0.2, 0) is 0 Å². The quantitative estimate of drug-likeness (QED) is 0.187. The molecule has 10 aromatic rings. The first-order chi connectivity index (χ1) is 24.6. The van der Waals surface area contributed by atoms with Crippen molar-refractivity contribution in [2.45, 2.75) is 27.2 Å². The first-order valence-electron chi connectivity index (χ1n) is 17.3. The van der Waals surface area contributed by atoms with E-state index in [4.69, 9.17) is 9.40 Å². The molecule has 4 aromatic heterocycles. The lowest BCUT2D eigenvalue weighted by Gasteiger charge is -2.09. The van der Waals surface area contributed by atoms with Gasteiger partial charge in [-0.2, -0.15) is 0 Å². The number of para-hydroxylation sites is 4. The van der Waals surface area contributed by atoms with Crippen molar-refractivity contribution < 1.29 is 4.42 Å². The molecule has 5 heteroatoms. The van der Waals surface area contributed by atoms with Crippen LogP contribution in [0.25, 0.3) is 89.2 Å². The van der Waals surface area contributed by atoms with Crippen molar-refractivity contribution in [1.82, 2.24) is 18.5 Å². The van der Waals surface area contributed by atoms with Crippen LogP contribution < -0.4 is 0 Å². The number of aryl methyl sites for hydroxylation is 1. The predicted molar refractivity (Wildman–Crippen MR) is 208 cm³/mol. The molecule has 10 rings (SSSR count). The molecular formula is C45H34N4O. The molecular weight excluding hydrogens is 613 g/mol. The van der Waals surface area contributed by atoms with Crippen LogP contribution in [0.4, 0.5) is 0 Å². The lowest BCUT2D eigenvalue weighted by atomic mass is 10.0. The van der Waals surface area contributed by atoms with E-state index < -0.39 is 0 Å². The summed E-state index contributed by atoms with van der Waals surface area (Å²) in [6, 6.07) is 47.9. The molecule has 0 aliphatic rings. The number of hydrogen-bond donors (Lipinski definition) is 0. The molecule has 0 spiro atoms. The van der Waals surface area contributed by atoms with Crippen LogP contribution in [0.1, 0.15) is 31.6 Å². The van der Waals surface area contributed by atoms with Crippen LogP contribution in [-0.4, -0.2) is 18.5 Å². The Hall–Kier alpha value is -6.33. The van der Waals surface area contributed by atoms with Crippen LogP contribution in [0.2, 0.25) is 0 Å². The Bertz CT molecular complexity index is 2980. The van der Waals surface area contributed by atoms with Crippen molar-refractivity contribution in [3.05, 3.63) is 150 Å². The Kier molecular flexibility index (Phi) is 6.21. The van der Waals surface area contributed by atoms with E-state index >= 15 is 0 Å². The van der Waals surface area contributed by atoms with Gasteiger partial charge in [0, 0.05) is 27.4 Å². The van der Waals surface area contributed by atoms with E-state index in [9.17, 15) is 0 Å². The molecule has 0 amide bonds. The second-order valence-electron chi connectivity index (χ2n) is 13.3.